The zero-order valence-corrected chi connectivity index (χ0v) is 10.2. The predicted octanol–water partition coefficient (Wildman–Crippen LogP) is 3.00. The SMILES string of the molecule is COCC(C)CNCc1cccc(C(F)F)c1. The molecule has 0 aliphatic carbocycles. The largest absolute Gasteiger partial charge is 0.384 e. The molecule has 1 N–H and O–H groups in total. The maximum Gasteiger partial charge on any atom is 0.263 e. The number of benzene rings is 1. The number of halogens is 2. The maximum absolute atomic E-state index is 12.5. The van der Waals surface area contributed by atoms with Gasteiger partial charge in [-0.25, -0.2) is 8.78 Å². The molecule has 2 nitrogen and oxygen atoms in total. The van der Waals surface area contributed by atoms with E-state index in [9.17, 15) is 8.78 Å². The first kappa shape index (κ1) is 14.1. The fourth-order valence-electron chi connectivity index (χ4n) is 1.65. The molecule has 0 heterocycles. The molecular weight excluding hydrogens is 224 g/mol. The van der Waals surface area contributed by atoms with Gasteiger partial charge in [0.2, 0.25) is 0 Å². The number of ether oxygens (including phenoxy) is 1. The van der Waals surface area contributed by atoms with Gasteiger partial charge in [-0.3, -0.25) is 0 Å². The van der Waals surface area contributed by atoms with Crippen LogP contribution < -0.4 is 5.32 Å². The van der Waals surface area contributed by atoms with Crippen molar-refractivity contribution >= 4 is 0 Å². The number of methoxy groups -OCH3 is 1. The van der Waals surface area contributed by atoms with Crippen LogP contribution in [0.25, 0.3) is 0 Å². The molecular formula is C13H19F2NO. The number of alkyl halides is 2. The molecule has 1 rings (SSSR count). The monoisotopic (exact) mass is 243 g/mol. The van der Waals surface area contributed by atoms with Crippen molar-refractivity contribution in [3.8, 4) is 0 Å². The summed E-state index contributed by atoms with van der Waals surface area (Å²) in [6.07, 6.45) is -2.40. The first-order valence-corrected chi connectivity index (χ1v) is 5.70. The second kappa shape index (κ2) is 7.35. The van der Waals surface area contributed by atoms with Crippen molar-refractivity contribution in [1.29, 1.82) is 0 Å². The summed E-state index contributed by atoms with van der Waals surface area (Å²) in [4.78, 5) is 0. The number of nitrogens with one attached hydrogen (secondary N) is 1. The fraction of sp³-hybridized carbons (Fsp3) is 0.538. The van der Waals surface area contributed by atoms with Crippen LogP contribution in [0.5, 0.6) is 0 Å². The van der Waals surface area contributed by atoms with Crippen molar-refractivity contribution in [3.05, 3.63) is 35.4 Å². The second-order valence-corrected chi connectivity index (χ2v) is 4.24. The van der Waals surface area contributed by atoms with Crippen LogP contribution in [0.15, 0.2) is 24.3 Å². The molecule has 0 amide bonds. The number of hydrogen-bond donors (Lipinski definition) is 1. The molecule has 1 unspecified atom stereocenters. The Hall–Kier alpha value is -1.00. The predicted molar refractivity (Wildman–Crippen MR) is 64.1 cm³/mol. The van der Waals surface area contributed by atoms with Crippen LogP contribution in [0.2, 0.25) is 0 Å². The molecule has 0 aromatic heterocycles. The Balaban J connectivity index is 2.38. The highest BCUT2D eigenvalue weighted by Crippen LogP contribution is 2.19. The lowest BCUT2D eigenvalue weighted by Gasteiger charge is -2.11. The number of rotatable bonds is 7. The van der Waals surface area contributed by atoms with E-state index in [1.807, 2.05) is 6.07 Å². The summed E-state index contributed by atoms with van der Waals surface area (Å²) in [6, 6.07) is 6.50. The van der Waals surface area contributed by atoms with E-state index in [4.69, 9.17) is 4.74 Å². The van der Waals surface area contributed by atoms with Crippen molar-refractivity contribution < 1.29 is 13.5 Å². The molecule has 1 atom stereocenters. The van der Waals surface area contributed by atoms with E-state index in [0.717, 1.165) is 12.1 Å². The summed E-state index contributed by atoms with van der Waals surface area (Å²) >= 11 is 0. The van der Waals surface area contributed by atoms with E-state index in [2.05, 4.69) is 12.2 Å². The van der Waals surface area contributed by atoms with Crippen LogP contribution in [0.1, 0.15) is 24.5 Å². The van der Waals surface area contributed by atoms with E-state index in [-0.39, 0.29) is 5.56 Å². The molecule has 0 aliphatic rings. The van der Waals surface area contributed by atoms with Crippen molar-refractivity contribution in [3.63, 3.8) is 0 Å². The van der Waals surface area contributed by atoms with Gasteiger partial charge in [0.05, 0.1) is 0 Å². The Morgan fingerprint density at radius 1 is 1.35 bits per heavy atom. The average Bonchev–Trinajstić information content (AvgIpc) is 2.30. The van der Waals surface area contributed by atoms with Crippen molar-refractivity contribution in [2.24, 2.45) is 5.92 Å². The van der Waals surface area contributed by atoms with Crippen LogP contribution in [0, 0.1) is 5.92 Å². The summed E-state index contributed by atoms with van der Waals surface area (Å²) < 4.78 is 29.9. The Labute approximate surface area is 101 Å². The average molecular weight is 243 g/mol. The third-order valence-electron chi connectivity index (χ3n) is 2.48. The highest BCUT2D eigenvalue weighted by Gasteiger charge is 2.07. The molecule has 0 saturated heterocycles. The zero-order chi connectivity index (χ0) is 12.7. The van der Waals surface area contributed by atoms with Crippen LogP contribution in [-0.2, 0) is 11.3 Å². The van der Waals surface area contributed by atoms with Gasteiger partial charge in [0.25, 0.3) is 6.43 Å². The molecule has 1 aromatic carbocycles. The van der Waals surface area contributed by atoms with Crippen LogP contribution in [0.3, 0.4) is 0 Å². The summed E-state index contributed by atoms with van der Waals surface area (Å²) in [5, 5.41) is 3.23. The topological polar surface area (TPSA) is 21.3 Å². The molecule has 0 spiro atoms. The Morgan fingerprint density at radius 2 is 2.12 bits per heavy atom. The smallest absolute Gasteiger partial charge is 0.263 e. The van der Waals surface area contributed by atoms with E-state index < -0.39 is 6.43 Å². The molecule has 0 saturated carbocycles. The van der Waals surface area contributed by atoms with Gasteiger partial charge in [-0.2, -0.15) is 0 Å². The highest BCUT2D eigenvalue weighted by atomic mass is 19.3. The van der Waals surface area contributed by atoms with E-state index in [0.29, 0.717) is 19.1 Å². The fourth-order valence-corrected chi connectivity index (χ4v) is 1.65. The first-order valence-electron chi connectivity index (χ1n) is 5.70. The summed E-state index contributed by atoms with van der Waals surface area (Å²) in [6.45, 7) is 4.19. The molecule has 0 bridgehead atoms. The van der Waals surface area contributed by atoms with Gasteiger partial charge in [0.1, 0.15) is 0 Å². The van der Waals surface area contributed by atoms with E-state index >= 15 is 0 Å². The van der Waals surface area contributed by atoms with E-state index in [1.165, 1.54) is 6.07 Å². The molecule has 0 fully saturated rings. The van der Waals surface area contributed by atoms with E-state index in [1.54, 1.807) is 19.2 Å². The summed E-state index contributed by atoms with van der Waals surface area (Å²) in [7, 11) is 1.67. The third kappa shape index (κ3) is 5.24. The quantitative estimate of drug-likeness (QED) is 0.795. The lowest BCUT2D eigenvalue weighted by Crippen LogP contribution is -2.23. The Bertz CT molecular complexity index is 331. The van der Waals surface area contributed by atoms with Crippen molar-refractivity contribution in [2.45, 2.75) is 19.9 Å². The van der Waals surface area contributed by atoms with Gasteiger partial charge < -0.3 is 10.1 Å². The zero-order valence-electron chi connectivity index (χ0n) is 10.2. The Kier molecular flexibility index (Phi) is 6.08. The van der Waals surface area contributed by atoms with Gasteiger partial charge >= 0.3 is 0 Å². The molecule has 17 heavy (non-hydrogen) atoms. The third-order valence-corrected chi connectivity index (χ3v) is 2.48. The summed E-state index contributed by atoms with van der Waals surface area (Å²) in [5.41, 5.74) is 0.960. The minimum atomic E-state index is -2.40. The normalized spacial score (nSPS) is 13.0. The van der Waals surface area contributed by atoms with Gasteiger partial charge in [0, 0.05) is 32.4 Å². The standard InChI is InChI=1S/C13H19F2NO/c1-10(9-17-2)7-16-8-11-4-3-5-12(6-11)13(14)15/h3-6,10,13,16H,7-9H2,1-2H3. The Morgan fingerprint density at radius 3 is 2.76 bits per heavy atom. The molecule has 0 aliphatic heterocycles. The minimum Gasteiger partial charge on any atom is -0.384 e. The van der Waals surface area contributed by atoms with Crippen LogP contribution in [0.4, 0.5) is 8.78 Å². The van der Waals surface area contributed by atoms with Gasteiger partial charge in [0.15, 0.2) is 0 Å². The minimum absolute atomic E-state index is 0.0780. The van der Waals surface area contributed by atoms with Crippen LogP contribution in [-0.4, -0.2) is 20.3 Å². The lowest BCUT2D eigenvalue weighted by atomic mass is 10.1. The summed E-state index contributed by atoms with van der Waals surface area (Å²) in [5.74, 6) is 0.415. The van der Waals surface area contributed by atoms with Crippen molar-refractivity contribution in [2.75, 3.05) is 20.3 Å². The highest BCUT2D eigenvalue weighted by molar-refractivity contribution is 5.24. The van der Waals surface area contributed by atoms with Crippen molar-refractivity contribution in [1.82, 2.24) is 5.32 Å². The second-order valence-electron chi connectivity index (χ2n) is 4.24. The first-order chi connectivity index (χ1) is 8.13. The molecule has 4 heteroatoms. The van der Waals surface area contributed by atoms with Gasteiger partial charge in [-0.1, -0.05) is 25.1 Å². The molecule has 96 valence electrons. The van der Waals surface area contributed by atoms with Gasteiger partial charge in [-0.15, -0.1) is 0 Å². The molecule has 1 aromatic rings. The van der Waals surface area contributed by atoms with Crippen LogP contribution >= 0.6 is 0 Å². The lowest BCUT2D eigenvalue weighted by molar-refractivity contribution is 0.151. The molecule has 0 radical (unpaired) electrons. The maximum atomic E-state index is 12.5. The number of hydrogen-bond acceptors (Lipinski definition) is 2. The van der Waals surface area contributed by atoms with Gasteiger partial charge in [-0.05, 0) is 17.5 Å².